The molecule has 3 aromatic rings. The van der Waals surface area contributed by atoms with Crippen LogP contribution in [0.25, 0.3) is 0 Å². The van der Waals surface area contributed by atoms with Gasteiger partial charge in [0.2, 0.25) is 0 Å². The summed E-state index contributed by atoms with van der Waals surface area (Å²) < 4.78 is 5.76. The number of carbonyl (C=O) groups excluding carboxylic acids is 2. The van der Waals surface area contributed by atoms with Crippen molar-refractivity contribution in [2.45, 2.75) is 13.0 Å². The van der Waals surface area contributed by atoms with Gasteiger partial charge in [0, 0.05) is 5.69 Å². The molecule has 3 rings (SSSR count). The lowest BCUT2D eigenvalue weighted by Crippen LogP contribution is -2.32. The molecule has 7 heteroatoms. The molecule has 0 saturated heterocycles. The zero-order valence-corrected chi connectivity index (χ0v) is 16.6. The summed E-state index contributed by atoms with van der Waals surface area (Å²) in [6.45, 7) is 0.440. The number of hydrogen-bond acceptors (Lipinski definition) is 5. The van der Waals surface area contributed by atoms with Gasteiger partial charge in [0.15, 0.2) is 0 Å². The summed E-state index contributed by atoms with van der Waals surface area (Å²) in [5, 5.41) is 15.0. The number of hydrazone groups is 1. The van der Waals surface area contributed by atoms with Crippen molar-refractivity contribution in [3.63, 3.8) is 0 Å². The Balaban J connectivity index is 1.49. The molecular formula is C24H20N4O3. The Morgan fingerprint density at radius 3 is 2.45 bits per heavy atom. The predicted molar refractivity (Wildman–Crippen MR) is 117 cm³/mol. The van der Waals surface area contributed by atoms with E-state index >= 15 is 0 Å². The smallest absolute Gasteiger partial charge is 0.329 e. The Kier molecular flexibility index (Phi) is 7.50. The maximum Gasteiger partial charge on any atom is 0.329 e. The highest BCUT2D eigenvalue weighted by Crippen LogP contribution is 2.14. The molecule has 154 valence electrons. The molecule has 0 saturated carbocycles. The minimum atomic E-state index is -0.895. The largest absolute Gasteiger partial charge is 0.489 e. The first-order valence-electron chi connectivity index (χ1n) is 9.51. The van der Waals surface area contributed by atoms with Crippen molar-refractivity contribution in [2.75, 3.05) is 5.32 Å². The van der Waals surface area contributed by atoms with E-state index in [1.54, 1.807) is 36.4 Å². The summed E-state index contributed by atoms with van der Waals surface area (Å²) >= 11 is 0. The second-order valence-corrected chi connectivity index (χ2v) is 6.53. The molecule has 0 spiro atoms. The highest BCUT2D eigenvalue weighted by atomic mass is 16.5. The molecule has 0 radical (unpaired) electrons. The monoisotopic (exact) mass is 412 g/mol. The summed E-state index contributed by atoms with van der Waals surface area (Å²) in [7, 11) is 0. The second kappa shape index (κ2) is 10.9. The minimum Gasteiger partial charge on any atom is -0.489 e. The van der Waals surface area contributed by atoms with Crippen molar-refractivity contribution in [2.24, 2.45) is 5.10 Å². The third-order valence-electron chi connectivity index (χ3n) is 4.19. The van der Waals surface area contributed by atoms with Gasteiger partial charge in [-0.25, -0.2) is 5.43 Å². The summed E-state index contributed by atoms with van der Waals surface area (Å²) in [6, 6.07) is 25.7. The molecule has 3 aromatic carbocycles. The molecule has 2 amide bonds. The van der Waals surface area contributed by atoms with E-state index in [0.29, 0.717) is 23.6 Å². The third kappa shape index (κ3) is 6.84. The summed E-state index contributed by atoms with van der Waals surface area (Å²) in [5.41, 5.74) is 5.23. The molecule has 2 N–H and O–H groups in total. The molecule has 0 heterocycles. The number of carbonyl (C=O) groups is 2. The van der Waals surface area contributed by atoms with E-state index in [0.717, 1.165) is 11.1 Å². The van der Waals surface area contributed by atoms with Crippen LogP contribution in [0, 0.1) is 11.3 Å². The SMILES string of the molecule is N#CCc1ccc(NC(=O)C(=O)N/N=C/c2cccc(OCc3ccccc3)c2)cc1. The van der Waals surface area contributed by atoms with Crippen LogP contribution in [0.1, 0.15) is 16.7 Å². The van der Waals surface area contributed by atoms with E-state index in [1.807, 2.05) is 48.5 Å². The average molecular weight is 412 g/mol. The number of nitrogens with zero attached hydrogens (tertiary/aromatic N) is 2. The van der Waals surface area contributed by atoms with Gasteiger partial charge in [0.25, 0.3) is 0 Å². The Morgan fingerprint density at radius 1 is 0.935 bits per heavy atom. The van der Waals surface area contributed by atoms with Crippen LogP contribution in [0.3, 0.4) is 0 Å². The maximum absolute atomic E-state index is 12.0. The summed E-state index contributed by atoms with van der Waals surface area (Å²) in [5.74, 6) is -1.07. The Hall–Kier alpha value is -4.44. The number of nitriles is 1. The molecule has 0 aromatic heterocycles. The molecule has 0 aliphatic carbocycles. The summed E-state index contributed by atoms with van der Waals surface area (Å²) in [6.07, 6.45) is 1.71. The van der Waals surface area contributed by atoms with Crippen LogP contribution in [0.15, 0.2) is 84.0 Å². The molecule has 31 heavy (non-hydrogen) atoms. The topological polar surface area (TPSA) is 104 Å². The Labute approximate surface area is 180 Å². The van der Waals surface area contributed by atoms with Gasteiger partial charge >= 0.3 is 11.8 Å². The van der Waals surface area contributed by atoms with Crippen LogP contribution >= 0.6 is 0 Å². The number of nitrogens with one attached hydrogen (secondary N) is 2. The highest BCUT2D eigenvalue weighted by Gasteiger charge is 2.12. The lowest BCUT2D eigenvalue weighted by Gasteiger charge is -2.07. The molecule has 0 unspecified atom stereocenters. The maximum atomic E-state index is 12.0. The lowest BCUT2D eigenvalue weighted by molar-refractivity contribution is -0.136. The van der Waals surface area contributed by atoms with Gasteiger partial charge in [-0.05, 0) is 41.0 Å². The average Bonchev–Trinajstić information content (AvgIpc) is 2.80. The van der Waals surface area contributed by atoms with Crippen molar-refractivity contribution >= 4 is 23.7 Å². The predicted octanol–water partition coefficient (Wildman–Crippen LogP) is 3.42. The van der Waals surface area contributed by atoms with Crippen LogP contribution in [-0.2, 0) is 22.6 Å². The number of hydrogen-bond donors (Lipinski definition) is 2. The van der Waals surface area contributed by atoms with Crippen molar-refractivity contribution in [1.29, 1.82) is 5.26 Å². The lowest BCUT2D eigenvalue weighted by atomic mass is 10.1. The van der Waals surface area contributed by atoms with Crippen molar-refractivity contribution in [1.82, 2.24) is 5.43 Å². The molecule has 0 fully saturated rings. The minimum absolute atomic E-state index is 0.280. The molecule has 0 aliphatic heterocycles. The number of rotatable bonds is 7. The van der Waals surface area contributed by atoms with E-state index in [2.05, 4.69) is 15.8 Å². The first-order valence-corrected chi connectivity index (χ1v) is 9.51. The van der Waals surface area contributed by atoms with E-state index in [4.69, 9.17) is 10.00 Å². The van der Waals surface area contributed by atoms with Gasteiger partial charge in [-0.3, -0.25) is 9.59 Å². The van der Waals surface area contributed by atoms with Crippen molar-refractivity contribution < 1.29 is 14.3 Å². The number of anilines is 1. The fourth-order valence-corrected chi connectivity index (χ4v) is 2.63. The zero-order valence-electron chi connectivity index (χ0n) is 16.6. The van der Waals surface area contributed by atoms with Gasteiger partial charge in [0.1, 0.15) is 12.4 Å². The number of ether oxygens (including phenoxy) is 1. The third-order valence-corrected chi connectivity index (χ3v) is 4.19. The molecule has 7 nitrogen and oxygen atoms in total. The molecule has 0 aliphatic rings. The normalized spacial score (nSPS) is 10.3. The van der Waals surface area contributed by atoms with E-state index in [9.17, 15) is 9.59 Å². The highest BCUT2D eigenvalue weighted by molar-refractivity contribution is 6.39. The van der Waals surface area contributed by atoms with Crippen molar-refractivity contribution in [3.8, 4) is 11.8 Å². The fourth-order valence-electron chi connectivity index (χ4n) is 2.63. The van der Waals surface area contributed by atoms with Crippen LogP contribution in [0.4, 0.5) is 5.69 Å². The van der Waals surface area contributed by atoms with Crippen molar-refractivity contribution in [3.05, 3.63) is 95.6 Å². The van der Waals surface area contributed by atoms with E-state index in [1.165, 1.54) is 6.21 Å². The fraction of sp³-hybridized carbons (Fsp3) is 0.0833. The molecular weight excluding hydrogens is 392 g/mol. The standard InChI is InChI=1S/C24H20N4O3/c25-14-13-18-9-11-21(12-10-18)27-23(29)24(30)28-26-16-20-7-4-8-22(15-20)31-17-19-5-2-1-3-6-19/h1-12,15-16H,13,17H2,(H,27,29)(H,28,30)/b26-16+. The van der Waals surface area contributed by atoms with Gasteiger partial charge in [-0.15, -0.1) is 0 Å². The van der Waals surface area contributed by atoms with Gasteiger partial charge in [-0.1, -0.05) is 54.6 Å². The Morgan fingerprint density at radius 2 is 1.71 bits per heavy atom. The molecule has 0 bridgehead atoms. The Bertz CT molecular complexity index is 1100. The molecule has 0 atom stereocenters. The van der Waals surface area contributed by atoms with E-state index in [-0.39, 0.29) is 6.42 Å². The summed E-state index contributed by atoms with van der Waals surface area (Å²) in [4.78, 5) is 23.9. The van der Waals surface area contributed by atoms with Gasteiger partial charge in [-0.2, -0.15) is 10.4 Å². The number of amides is 2. The van der Waals surface area contributed by atoms with Crippen LogP contribution in [0.5, 0.6) is 5.75 Å². The van der Waals surface area contributed by atoms with Crippen LogP contribution in [-0.4, -0.2) is 18.0 Å². The van der Waals surface area contributed by atoms with Gasteiger partial charge in [0.05, 0.1) is 18.7 Å². The van der Waals surface area contributed by atoms with Crippen LogP contribution in [0.2, 0.25) is 0 Å². The van der Waals surface area contributed by atoms with E-state index < -0.39 is 11.8 Å². The first-order chi connectivity index (χ1) is 15.1. The second-order valence-electron chi connectivity index (χ2n) is 6.53. The zero-order chi connectivity index (χ0) is 21.9. The van der Waals surface area contributed by atoms with Gasteiger partial charge < -0.3 is 10.1 Å². The first kappa shape index (κ1) is 21.3. The number of benzene rings is 3. The van der Waals surface area contributed by atoms with Crippen LogP contribution < -0.4 is 15.5 Å². The quantitative estimate of drug-likeness (QED) is 0.352.